The lowest BCUT2D eigenvalue weighted by atomic mass is 10.1. The average molecular weight is 840 g/mol. The second kappa shape index (κ2) is 23.6. The van der Waals surface area contributed by atoms with Gasteiger partial charge in [-0.15, -0.1) is 49.5 Å². The van der Waals surface area contributed by atoms with Crippen LogP contribution in [0.4, 0.5) is 0 Å². The molecular formula is C33H54BClIN12O3. The molecule has 0 unspecified atom stereocenters. The molecule has 0 saturated carbocycles. The molecule has 0 aromatic carbocycles. The van der Waals surface area contributed by atoms with E-state index in [0.29, 0.717) is 29.6 Å². The third-order valence-electron chi connectivity index (χ3n) is 7.36. The third-order valence-corrected chi connectivity index (χ3v) is 7.72. The molecule has 0 atom stereocenters. The van der Waals surface area contributed by atoms with Gasteiger partial charge in [0.05, 0.1) is 23.7 Å². The van der Waals surface area contributed by atoms with E-state index in [2.05, 4.69) is 46.1 Å². The van der Waals surface area contributed by atoms with Gasteiger partial charge in [-0.3, -0.25) is 4.79 Å². The smallest absolute Gasteiger partial charge is 0.378 e. The Morgan fingerprint density at radius 3 is 1.49 bits per heavy atom. The highest BCUT2D eigenvalue weighted by molar-refractivity contribution is 14.0. The number of aryl methyl sites for hydroxylation is 5. The number of nitrogens with zero attached hydrogens (tertiary/aromatic N) is 10. The molecule has 18 heteroatoms. The molecule has 3 radical (unpaired) electrons. The Hall–Kier alpha value is -3.84. The van der Waals surface area contributed by atoms with Crippen molar-refractivity contribution in [2.75, 3.05) is 19.7 Å². The van der Waals surface area contributed by atoms with E-state index in [9.17, 15) is 9.59 Å². The van der Waals surface area contributed by atoms with Gasteiger partial charge in [0.2, 0.25) is 5.82 Å². The standard InChI is InChI=1S/C11H15N5O.C11H14N4O2.C7H9ClN2.C2H7N.2CH4.B.HI/c1-5-12-11(17)10-14-13-9-7(3)6(2)8(4)15-16(9)10;1-5-17-11(16)10-13-12-9-7(3)6(2)8(4)14-15(9)10;1-4-5(2)7(8)10-9-6(4)3;1-2-3;;;;/h5H2,1-4H3,(H,12,17);5H2,1-4H3;1-3H3;2-3H2,1H3;2*1H4;;1H. The first-order valence-electron chi connectivity index (χ1n) is 15.2. The first-order chi connectivity index (χ1) is 22.2. The first kappa shape index (κ1) is 51.5. The van der Waals surface area contributed by atoms with E-state index in [4.69, 9.17) is 22.1 Å². The molecule has 281 valence electrons. The van der Waals surface area contributed by atoms with Gasteiger partial charge in [0.25, 0.3) is 11.7 Å². The fourth-order valence-electron chi connectivity index (χ4n) is 3.94. The van der Waals surface area contributed by atoms with Gasteiger partial charge < -0.3 is 15.8 Å². The van der Waals surface area contributed by atoms with E-state index in [1.54, 1.807) is 6.92 Å². The van der Waals surface area contributed by atoms with E-state index >= 15 is 0 Å². The van der Waals surface area contributed by atoms with Gasteiger partial charge in [-0.1, -0.05) is 33.4 Å². The summed E-state index contributed by atoms with van der Waals surface area (Å²) in [6.45, 7) is 24.6. The molecule has 0 aliphatic rings. The van der Waals surface area contributed by atoms with Crippen LogP contribution in [0.1, 0.15) is 107 Å². The maximum absolute atomic E-state index is 11.8. The number of aromatic nitrogens is 10. The number of halogens is 2. The molecular weight excluding hydrogens is 786 g/mol. The third kappa shape index (κ3) is 12.4. The molecule has 51 heavy (non-hydrogen) atoms. The highest BCUT2D eigenvalue weighted by atomic mass is 127. The Bertz CT molecular complexity index is 1750. The largest absolute Gasteiger partial charge is 0.460 e. The van der Waals surface area contributed by atoms with E-state index in [1.807, 2.05) is 76.2 Å². The molecule has 0 spiro atoms. The van der Waals surface area contributed by atoms with Crippen LogP contribution >= 0.6 is 35.6 Å². The molecule has 3 N–H and O–H groups in total. The summed E-state index contributed by atoms with van der Waals surface area (Å²) in [5.41, 5.74) is 15.0. The number of nitrogens with two attached hydrogens (primary N) is 1. The number of rotatable bonds is 4. The van der Waals surface area contributed by atoms with Crippen molar-refractivity contribution < 1.29 is 14.3 Å². The minimum Gasteiger partial charge on any atom is -0.460 e. The maximum Gasteiger partial charge on any atom is 0.378 e. The predicted molar refractivity (Wildman–Crippen MR) is 215 cm³/mol. The van der Waals surface area contributed by atoms with Gasteiger partial charge >= 0.3 is 5.97 Å². The highest BCUT2D eigenvalue weighted by Crippen LogP contribution is 2.17. The molecule has 1 amide bonds. The average Bonchev–Trinajstić information content (AvgIpc) is 3.66. The van der Waals surface area contributed by atoms with Crippen LogP contribution in [0.5, 0.6) is 0 Å². The monoisotopic (exact) mass is 839 g/mol. The number of fused-ring (bicyclic) bond motifs is 2. The molecule has 5 aromatic heterocycles. The minimum absolute atomic E-state index is 0. The van der Waals surface area contributed by atoms with Crippen LogP contribution in [-0.4, -0.2) is 89.8 Å². The lowest BCUT2D eigenvalue weighted by molar-refractivity contribution is 0.0508. The number of nitrogens with one attached hydrogen (secondary N) is 1. The van der Waals surface area contributed by atoms with Crippen molar-refractivity contribution in [2.45, 2.75) is 97.9 Å². The number of carbonyl (C=O) groups is 2. The van der Waals surface area contributed by atoms with Gasteiger partial charge in [-0.05, 0) is 105 Å². The summed E-state index contributed by atoms with van der Waals surface area (Å²) in [5, 5.41) is 35.1. The van der Waals surface area contributed by atoms with Crippen molar-refractivity contribution in [3.05, 3.63) is 67.3 Å². The summed E-state index contributed by atoms with van der Waals surface area (Å²) >= 11 is 5.71. The summed E-state index contributed by atoms with van der Waals surface area (Å²) in [5.74, 6) is -0.411. The molecule has 5 heterocycles. The van der Waals surface area contributed by atoms with Gasteiger partial charge in [-0.25, -0.2) is 4.79 Å². The summed E-state index contributed by atoms with van der Waals surface area (Å²) in [6, 6.07) is 0. The Morgan fingerprint density at radius 1 is 0.667 bits per heavy atom. The topological polar surface area (TPSA) is 193 Å². The normalized spacial score (nSPS) is 9.53. The number of ether oxygens (including phenoxy) is 1. The lowest BCUT2D eigenvalue weighted by Crippen LogP contribution is -2.25. The maximum atomic E-state index is 11.8. The molecule has 15 nitrogen and oxygen atoms in total. The summed E-state index contributed by atoms with van der Waals surface area (Å²) < 4.78 is 7.84. The van der Waals surface area contributed by atoms with Crippen LogP contribution in [0, 0.1) is 62.3 Å². The Morgan fingerprint density at radius 2 is 1.08 bits per heavy atom. The van der Waals surface area contributed by atoms with Gasteiger partial charge in [0, 0.05) is 26.1 Å². The van der Waals surface area contributed by atoms with Crippen LogP contribution in [0.3, 0.4) is 0 Å². The molecule has 5 rings (SSSR count). The SMILES string of the molecule is C.C.CCN.CCNC(=O)c1nnc2c(C)c(C)c(C)nn12.CCOC(=O)c1nnc2c(C)c(C)c(C)nn12.Cc1nnc(Cl)c(C)c1C.I.[B]. The molecule has 0 saturated heterocycles. The van der Waals surface area contributed by atoms with Crippen LogP contribution in [0.15, 0.2) is 0 Å². The zero-order valence-corrected chi connectivity index (χ0v) is 33.3. The zero-order valence-electron chi connectivity index (χ0n) is 30.3. The van der Waals surface area contributed by atoms with Crippen molar-refractivity contribution in [3.8, 4) is 0 Å². The summed E-state index contributed by atoms with van der Waals surface area (Å²) in [7, 11) is 0. The van der Waals surface area contributed by atoms with E-state index in [1.165, 1.54) is 9.03 Å². The minimum atomic E-state index is -0.504. The molecule has 5 aromatic rings. The summed E-state index contributed by atoms with van der Waals surface area (Å²) in [6.07, 6.45) is 0. The fourth-order valence-corrected chi connectivity index (χ4v) is 4.12. The fraction of sp³-hybridized carbons (Fsp3) is 0.515. The van der Waals surface area contributed by atoms with Crippen LogP contribution in [0.25, 0.3) is 11.3 Å². The Balaban J connectivity index is -0.000000645. The Kier molecular flexibility index (Phi) is 23.8. The van der Waals surface area contributed by atoms with Gasteiger partial charge in [0.15, 0.2) is 16.4 Å². The second-order valence-corrected chi connectivity index (χ2v) is 10.9. The number of hydrogen-bond acceptors (Lipinski definition) is 12. The van der Waals surface area contributed by atoms with Crippen LogP contribution in [-0.2, 0) is 4.74 Å². The molecule has 0 fully saturated rings. The number of carbonyl (C=O) groups excluding carboxylic acids is 2. The first-order valence-corrected chi connectivity index (χ1v) is 15.5. The van der Waals surface area contributed by atoms with Crippen molar-refractivity contribution in [1.29, 1.82) is 0 Å². The van der Waals surface area contributed by atoms with Gasteiger partial charge in [-0.2, -0.15) is 24.3 Å². The van der Waals surface area contributed by atoms with Crippen molar-refractivity contribution in [3.63, 3.8) is 0 Å². The number of hydrogen-bond donors (Lipinski definition) is 2. The van der Waals surface area contributed by atoms with Gasteiger partial charge in [0.1, 0.15) is 0 Å². The van der Waals surface area contributed by atoms with Crippen LogP contribution in [0.2, 0.25) is 5.15 Å². The van der Waals surface area contributed by atoms with E-state index < -0.39 is 5.97 Å². The second-order valence-electron chi connectivity index (χ2n) is 10.5. The van der Waals surface area contributed by atoms with Crippen molar-refractivity contribution in [1.82, 2.24) is 55.1 Å². The summed E-state index contributed by atoms with van der Waals surface area (Å²) in [4.78, 5) is 23.4. The lowest BCUT2D eigenvalue weighted by Gasteiger charge is -2.06. The molecule has 0 aliphatic carbocycles. The van der Waals surface area contributed by atoms with E-state index in [0.717, 1.165) is 57.0 Å². The Labute approximate surface area is 325 Å². The number of esters is 1. The van der Waals surface area contributed by atoms with E-state index in [-0.39, 0.29) is 64.8 Å². The zero-order chi connectivity index (χ0) is 35.6. The predicted octanol–water partition coefficient (Wildman–Crippen LogP) is 5.56. The van der Waals surface area contributed by atoms with Crippen LogP contribution < -0.4 is 11.1 Å². The van der Waals surface area contributed by atoms with Crippen molar-refractivity contribution in [2.24, 2.45) is 5.73 Å². The molecule has 0 bridgehead atoms. The van der Waals surface area contributed by atoms with Crippen molar-refractivity contribution >= 4 is 67.2 Å². The molecule has 0 aliphatic heterocycles. The highest BCUT2D eigenvalue weighted by Gasteiger charge is 2.19. The number of amides is 1. The quantitative estimate of drug-likeness (QED) is 0.130.